The molecule has 0 amide bonds. The van der Waals surface area contributed by atoms with Gasteiger partial charge in [-0.05, 0) is 24.3 Å². The van der Waals surface area contributed by atoms with Gasteiger partial charge >= 0.3 is 0 Å². The first kappa shape index (κ1) is 25.3. The average molecular weight is 561 g/mol. The molecule has 0 saturated heterocycles. The molecule has 12 heteroatoms. The topological polar surface area (TPSA) is 123 Å². The summed E-state index contributed by atoms with van der Waals surface area (Å²) in [6, 6.07) is 17.2. The third-order valence-electron chi connectivity index (χ3n) is 5.50. The predicted octanol–water partition coefficient (Wildman–Crippen LogP) is 4.94. The summed E-state index contributed by atoms with van der Waals surface area (Å²) in [6.45, 7) is 0.134. The number of hydrogen-bond donors (Lipinski definition) is 1. The van der Waals surface area contributed by atoms with Crippen LogP contribution in [-0.4, -0.2) is 31.0 Å². The van der Waals surface area contributed by atoms with Crippen molar-refractivity contribution in [2.45, 2.75) is 13.1 Å². The summed E-state index contributed by atoms with van der Waals surface area (Å²) < 4.78 is 3.01. The molecule has 1 N–H and O–H groups in total. The van der Waals surface area contributed by atoms with E-state index >= 15 is 0 Å². The minimum Gasteiger partial charge on any atom is -0.365 e. The van der Waals surface area contributed by atoms with Gasteiger partial charge < -0.3 is 9.88 Å². The van der Waals surface area contributed by atoms with Crippen molar-refractivity contribution in [3.63, 3.8) is 0 Å². The van der Waals surface area contributed by atoms with Gasteiger partial charge in [-0.2, -0.15) is 15.0 Å². The molecule has 0 atom stereocenters. The van der Waals surface area contributed by atoms with Gasteiger partial charge in [0.15, 0.2) is 5.01 Å². The number of benzene rings is 1. The predicted molar refractivity (Wildman–Crippen MR) is 146 cm³/mol. The van der Waals surface area contributed by atoms with Crippen molar-refractivity contribution in [1.82, 2.24) is 19.3 Å². The quantitative estimate of drug-likeness (QED) is 0.267. The molecule has 4 aromatic heterocycles. The van der Waals surface area contributed by atoms with Crippen LogP contribution in [0.5, 0.6) is 0 Å². The smallest absolute Gasteiger partial charge is 0.280 e. The summed E-state index contributed by atoms with van der Waals surface area (Å²) in [5.74, 6) is -0.341. The van der Waals surface area contributed by atoms with Crippen LogP contribution in [0.4, 0.5) is 5.82 Å². The van der Waals surface area contributed by atoms with Crippen LogP contribution in [0.15, 0.2) is 77.2 Å². The van der Waals surface area contributed by atoms with E-state index in [0.717, 1.165) is 9.44 Å². The Hall–Kier alpha value is -4.37. The van der Waals surface area contributed by atoms with Crippen molar-refractivity contribution in [3.8, 4) is 17.3 Å². The first-order valence-electron chi connectivity index (χ1n) is 11.2. The number of nitrogens with zero attached hydrogens (tertiary/aromatic N) is 5. The number of thiazole rings is 1. The van der Waals surface area contributed by atoms with Gasteiger partial charge in [0.1, 0.15) is 11.9 Å². The summed E-state index contributed by atoms with van der Waals surface area (Å²) in [5.41, 5.74) is 0.562. The van der Waals surface area contributed by atoms with E-state index in [1.54, 1.807) is 47.8 Å². The van der Waals surface area contributed by atoms with E-state index in [1.807, 2.05) is 6.07 Å². The Kier molecular flexibility index (Phi) is 7.28. The molecule has 9 nitrogen and oxygen atoms in total. The molecule has 0 saturated carbocycles. The molecular weight excluding hydrogens is 544 g/mol. The number of halogens is 1. The lowest BCUT2D eigenvalue weighted by atomic mass is 10.1. The van der Waals surface area contributed by atoms with Crippen LogP contribution in [0.25, 0.3) is 11.3 Å². The lowest BCUT2D eigenvalue weighted by Gasteiger charge is -2.08. The number of carbonyl (C=O) groups excluding carboxylic acids is 2. The minimum absolute atomic E-state index is 0.130. The van der Waals surface area contributed by atoms with Gasteiger partial charge in [-0.3, -0.25) is 14.4 Å². The summed E-state index contributed by atoms with van der Waals surface area (Å²) in [6.07, 6.45) is 2.83. The van der Waals surface area contributed by atoms with Gasteiger partial charge in [0.2, 0.25) is 5.78 Å². The van der Waals surface area contributed by atoms with E-state index in [-0.39, 0.29) is 40.1 Å². The standard InChI is InChI=1S/C26H17ClN6O3S2/c27-22-7-6-18(38-22)13-30-23-11-20(31-33(23)26(36)16-4-2-1-3-5-16)19-10-24(35)32(14-17(19)12-28)15-21(34)25-29-8-9-37-25/h1-11,14,30H,13,15H2. The molecule has 0 aliphatic heterocycles. The summed E-state index contributed by atoms with van der Waals surface area (Å²) in [5, 5.41) is 19.5. The molecule has 0 aliphatic rings. The van der Waals surface area contributed by atoms with Crippen molar-refractivity contribution in [3.05, 3.63) is 108 Å². The second kappa shape index (κ2) is 10.9. The Morgan fingerprint density at radius 3 is 2.63 bits per heavy atom. The van der Waals surface area contributed by atoms with E-state index in [0.29, 0.717) is 22.3 Å². The minimum atomic E-state index is -0.490. The molecule has 0 fully saturated rings. The van der Waals surface area contributed by atoms with Crippen LogP contribution in [0.1, 0.15) is 30.6 Å². The number of anilines is 1. The average Bonchev–Trinajstić information content (AvgIpc) is 3.70. The number of ketones is 1. The highest BCUT2D eigenvalue weighted by Crippen LogP contribution is 2.27. The Morgan fingerprint density at radius 1 is 1.13 bits per heavy atom. The maximum absolute atomic E-state index is 13.3. The van der Waals surface area contributed by atoms with Crippen LogP contribution in [0.2, 0.25) is 4.34 Å². The maximum Gasteiger partial charge on any atom is 0.280 e. The number of carbonyl (C=O) groups is 2. The Bertz CT molecular complexity index is 1730. The van der Waals surface area contributed by atoms with Crippen molar-refractivity contribution < 1.29 is 9.59 Å². The number of hydrogen-bond acceptors (Lipinski definition) is 9. The van der Waals surface area contributed by atoms with Crippen LogP contribution < -0.4 is 10.9 Å². The van der Waals surface area contributed by atoms with Gasteiger partial charge in [-0.1, -0.05) is 29.8 Å². The molecule has 5 rings (SSSR count). The second-order valence-corrected chi connectivity index (χ2v) is 10.7. The Balaban J connectivity index is 1.52. The molecule has 5 aromatic rings. The summed E-state index contributed by atoms with van der Waals surface area (Å²) in [7, 11) is 0. The summed E-state index contributed by atoms with van der Waals surface area (Å²) >= 11 is 8.62. The fourth-order valence-corrected chi connectivity index (χ4v) is 5.30. The molecule has 0 radical (unpaired) electrons. The number of rotatable bonds is 8. The molecule has 38 heavy (non-hydrogen) atoms. The molecular formula is C26H17ClN6O3S2. The van der Waals surface area contributed by atoms with Gasteiger partial charge in [0.25, 0.3) is 11.5 Å². The van der Waals surface area contributed by atoms with E-state index in [2.05, 4.69) is 21.5 Å². The van der Waals surface area contributed by atoms with E-state index < -0.39 is 5.56 Å². The van der Waals surface area contributed by atoms with Crippen molar-refractivity contribution in [2.24, 2.45) is 0 Å². The second-order valence-electron chi connectivity index (χ2n) is 8.00. The van der Waals surface area contributed by atoms with Gasteiger partial charge in [-0.25, -0.2) is 4.98 Å². The van der Waals surface area contributed by atoms with Gasteiger partial charge in [0, 0.05) is 45.9 Å². The lowest BCUT2D eigenvalue weighted by molar-refractivity contribution is 0.0945. The monoisotopic (exact) mass is 560 g/mol. The first-order valence-corrected chi connectivity index (χ1v) is 13.3. The number of aromatic nitrogens is 4. The van der Waals surface area contributed by atoms with Crippen LogP contribution in [0.3, 0.4) is 0 Å². The maximum atomic E-state index is 13.3. The SMILES string of the molecule is N#Cc1cn(CC(=O)c2nccs2)c(=O)cc1-c1cc(NCc2ccc(Cl)s2)n(C(=O)c2ccccc2)n1. The number of thiophene rings is 1. The number of nitrogens with one attached hydrogen (secondary N) is 1. The van der Waals surface area contributed by atoms with Crippen LogP contribution in [0, 0.1) is 11.3 Å². The van der Waals surface area contributed by atoms with E-state index in [9.17, 15) is 19.6 Å². The molecule has 188 valence electrons. The zero-order valence-electron chi connectivity index (χ0n) is 19.5. The number of nitriles is 1. The van der Waals surface area contributed by atoms with Crippen molar-refractivity contribution in [1.29, 1.82) is 5.26 Å². The first-order chi connectivity index (χ1) is 18.4. The highest BCUT2D eigenvalue weighted by atomic mass is 35.5. The van der Waals surface area contributed by atoms with Gasteiger partial charge in [0.05, 0.1) is 28.7 Å². The highest BCUT2D eigenvalue weighted by Gasteiger charge is 2.20. The van der Waals surface area contributed by atoms with E-state index in [4.69, 9.17) is 11.6 Å². The summed E-state index contributed by atoms with van der Waals surface area (Å²) in [4.78, 5) is 43.6. The number of Topliss-reactive ketones (excluding diaryl/α,β-unsaturated/α-hetero) is 1. The normalized spacial score (nSPS) is 10.7. The van der Waals surface area contributed by atoms with Crippen molar-refractivity contribution >= 4 is 51.8 Å². The van der Waals surface area contributed by atoms with Crippen LogP contribution >= 0.6 is 34.3 Å². The third-order valence-corrected chi connectivity index (χ3v) is 7.55. The highest BCUT2D eigenvalue weighted by molar-refractivity contribution is 7.16. The molecule has 0 spiro atoms. The van der Waals surface area contributed by atoms with Crippen LogP contribution in [-0.2, 0) is 13.1 Å². The molecule has 0 bridgehead atoms. The Morgan fingerprint density at radius 2 is 1.95 bits per heavy atom. The molecule has 0 aliphatic carbocycles. The molecule has 1 aromatic carbocycles. The fraction of sp³-hybridized carbons (Fsp3) is 0.0769. The lowest BCUT2D eigenvalue weighted by Crippen LogP contribution is -2.24. The number of pyridine rings is 1. The van der Waals surface area contributed by atoms with Crippen molar-refractivity contribution in [2.75, 3.05) is 5.32 Å². The fourth-order valence-electron chi connectivity index (χ4n) is 3.70. The molecule has 0 unspecified atom stereocenters. The molecule has 4 heterocycles. The zero-order valence-corrected chi connectivity index (χ0v) is 21.9. The third kappa shape index (κ3) is 5.33. The largest absolute Gasteiger partial charge is 0.365 e. The van der Waals surface area contributed by atoms with Gasteiger partial charge in [-0.15, -0.1) is 22.7 Å². The Labute approximate surface area is 229 Å². The zero-order chi connectivity index (χ0) is 26.6. The van der Waals surface area contributed by atoms with E-state index in [1.165, 1.54) is 45.8 Å².